The Bertz CT molecular complexity index is 851. The van der Waals surface area contributed by atoms with Crippen LogP contribution in [0.3, 0.4) is 0 Å². The van der Waals surface area contributed by atoms with Gasteiger partial charge in [-0.05, 0) is 24.0 Å². The summed E-state index contributed by atoms with van der Waals surface area (Å²) in [6, 6.07) is 12.1. The summed E-state index contributed by atoms with van der Waals surface area (Å²) in [5.74, 6) is -0.192. The van der Waals surface area contributed by atoms with E-state index in [4.69, 9.17) is 4.74 Å². The maximum Gasteiger partial charge on any atom is 0.269 e. The van der Waals surface area contributed by atoms with E-state index in [2.05, 4.69) is 5.32 Å². The van der Waals surface area contributed by atoms with Gasteiger partial charge in [-0.1, -0.05) is 24.3 Å². The van der Waals surface area contributed by atoms with E-state index >= 15 is 0 Å². The maximum absolute atomic E-state index is 11.6. The fourth-order valence-corrected chi connectivity index (χ4v) is 3.43. The van der Waals surface area contributed by atoms with Crippen LogP contribution in [0.25, 0.3) is 0 Å². The quantitative estimate of drug-likeness (QED) is 0.619. The number of nitro benzene ring substituents is 2. The van der Waals surface area contributed by atoms with Crippen LogP contribution >= 0.6 is 0 Å². The molecule has 0 aromatic heterocycles. The molecule has 9 heteroatoms. The minimum absolute atomic E-state index is 0.0466. The summed E-state index contributed by atoms with van der Waals surface area (Å²) in [6.45, 7) is 1.42. The lowest BCUT2D eigenvalue weighted by Gasteiger charge is -2.36. The second-order valence-electron chi connectivity index (χ2n) is 6.69. The average Bonchev–Trinajstić information content (AvgIpc) is 2.67. The van der Waals surface area contributed by atoms with E-state index in [9.17, 15) is 25.0 Å². The minimum atomic E-state index is -0.491. The normalized spacial score (nSPS) is 21.7. The van der Waals surface area contributed by atoms with E-state index < -0.39 is 22.1 Å². The highest BCUT2D eigenvalue weighted by Gasteiger charge is 2.33. The molecule has 1 amide bonds. The van der Waals surface area contributed by atoms with Gasteiger partial charge in [-0.25, -0.2) is 0 Å². The highest BCUT2D eigenvalue weighted by Crippen LogP contribution is 2.40. The summed E-state index contributed by atoms with van der Waals surface area (Å²) in [5, 5.41) is 25.0. The zero-order valence-electron chi connectivity index (χ0n) is 15.1. The predicted molar refractivity (Wildman–Crippen MR) is 99.6 cm³/mol. The number of nitrogens with zero attached hydrogens (tertiary/aromatic N) is 2. The summed E-state index contributed by atoms with van der Waals surface area (Å²) >= 11 is 0. The summed E-state index contributed by atoms with van der Waals surface area (Å²) in [6.07, 6.45) is -0.0808. The van der Waals surface area contributed by atoms with Crippen molar-refractivity contribution in [3.8, 4) is 0 Å². The van der Waals surface area contributed by atoms with Crippen molar-refractivity contribution in [1.29, 1.82) is 0 Å². The topological polar surface area (TPSA) is 125 Å². The zero-order chi connectivity index (χ0) is 20.3. The van der Waals surface area contributed by atoms with E-state index in [0.717, 1.165) is 0 Å². The lowest BCUT2D eigenvalue weighted by atomic mass is 9.91. The van der Waals surface area contributed by atoms with Gasteiger partial charge in [0.25, 0.3) is 11.4 Å². The van der Waals surface area contributed by atoms with E-state index in [-0.39, 0.29) is 23.3 Å². The van der Waals surface area contributed by atoms with Crippen LogP contribution in [0.5, 0.6) is 0 Å². The smallest absolute Gasteiger partial charge is 0.269 e. The molecule has 0 aliphatic carbocycles. The Morgan fingerprint density at radius 1 is 0.964 bits per heavy atom. The van der Waals surface area contributed by atoms with Crippen molar-refractivity contribution in [3.63, 3.8) is 0 Å². The van der Waals surface area contributed by atoms with E-state index in [0.29, 0.717) is 24.0 Å². The molecule has 9 nitrogen and oxygen atoms in total. The van der Waals surface area contributed by atoms with Gasteiger partial charge in [0.05, 0.1) is 22.1 Å². The highest BCUT2D eigenvalue weighted by molar-refractivity contribution is 5.73. The van der Waals surface area contributed by atoms with Crippen molar-refractivity contribution in [2.75, 3.05) is 0 Å². The number of nitrogens with one attached hydrogen (secondary N) is 1. The number of rotatable bonds is 5. The Balaban J connectivity index is 1.92. The van der Waals surface area contributed by atoms with Gasteiger partial charge >= 0.3 is 0 Å². The summed E-state index contributed by atoms with van der Waals surface area (Å²) < 4.78 is 6.14. The van der Waals surface area contributed by atoms with Gasteiger partial charge in [0.1, 0.15) is 0 Å². The number of benzene rings is 2. The van der Waals surface area contributed by atoms with Crippen LogP contribution in [0.2, 0.25) is 0 Å². The second-order valence-corrected chi connectivity index (χ2v) is 6.69. The molecular weight excluding hydrogens is 366 g/mol. The second kappa shape index (κ2) is 8.13. The number of amides is 1. The first kappa shape index (κ1) is 19.4. The molecule has 1 aliphatic rings. The van der Waals surface area contributed by atoms with Gasteiger partial charge in [-0.3, -0.25) is 25.0 Å². The van der Waals surface area contributed by atoms with Gasteiger partial charge in [0.15, 0.2) is 0 Å². The number of nitro groups is 2. The molecule has 1 aliphatic heterocycles. The number of hydrogen-bond donors (Lipinski definition) is 1. The van der Waals surface area contributed by atoms with Crippen LogP contribution in [0.15, 0.2) is 48.5 Å². The molecule has 3 atom stereocenters. The first-order valence-corrected chi connectivity index (χ1v) is 8.74. The summed E-state index contributed by atoms with van der Waals surface area (Å²) in [4.78, 5) is 32.8. The van der Waals surface area contributed by atoms with Crippen LogP contribution < -0.4 is 5.32 Å². The molecule has 1 saturated heterocycles. The lowest BCUT2D eigenvalue weighted by Crippen LogP contribution is -2.39. The molecule has 2 aromatic rings. The van der Waals surface area contributed by atoms with E-state index in [1.807, 2.05) is 0 Å². The third-order valence-corrected chi connectivity index (χ3v) is 4.64. The lowest BCUT2D eigenvalue weighted by molar-refractivity contribution is -0.385. The Hall–Kier alpha value is -3.33. The fourth-order valence-electron chi connectivity index (χ4n) is 3.43. The maximum atomic E-state index is 11.6. The Labute approximate surface area is 160 Å². The standard InChI is InChI=1S/C19H19N3O6/c1-12(23)20-15-10-18(13-4-2-6-16(8-13)21(24)25)28-19(11-15)14-5-3-7-17(9-14)22(26)27/h2-9,15,18-19H,10-11H2,1H3,(H,20,23)/t15?,18-,19+. The van der Waals surface area contributed by atoms with Crippen molar-refractivity contribution in [3.05, 3.63) is 79.9 Å². The largest absolute Gasteiger partial charge is 0.365 e. The average molecular weight is 385 g/mol. The van der Waals surface area contributed by atoms with Crippen LogP contribution in [0.4, 0.5) is 11.4 Å². The monoisotopic (exact) mass is 385 g/mol. The third-order valence-electron chi connectivity index (χ3n) is 4.64. The number of ether oxygens (including phenoxy) is 1. The molecule has 146 valence electrons. The molecular formula is C19H19N3O6. The molecule has 0 radical (unpaired) electrons. The fraction of sp³-hybridized carbons (Fsp3) is 0.316. The highest BCUT2D eigenvalue weighted by atomic mass is 16.6. The van der Waals surface area contributed by atoms with Gasteiger partial charge in [-0.15, -0.1) is 0 Å². The number of hydrogen-bond acceptors (Lipinski definition) is 6. The molecule has 0 spiro atoms. The number of carbonyl (C=O) groups is 1. The Morgan fingerprint density at radius 3 is 1.82 bits per heavy atom. The summed E-state index contributed by atoms with van der Waals surface area (Å²) in [7, 11) is 0. The molecule has 1 heterocycles. The first-order valence-electron chi connectivity index (χ1n) is 8.74. The van der Waals surface area contributed by atoms with Gasteiger partial charge in [0.2, 0.25) is 5.91 Å². The number of non-ortho nitro benzene ring substituents is 2. The van der Waals surface area contributed by atoms with Crippen LogP contribution in [0.1, 0.15) is 43.1 Å². The first-order chi connectivity index (χ1) is 13.3. The van der Waals surface area contributed by atoms with Crippen LogP contribution in [-0.4, -0.2) is 21.8 Å². The van der Waals surface area contributed by atoms with Gasteiger partial charge in [-0.2, -0.15) is 0 Å². The molecule has 1 unspecified atom stereocenters. The summed E-state index contributed by atoms with van der Waals surface area (Å²) in [5.41, 5.74) is 1.16. The SMILES string of the molecule is CC(=O)NC1C[C@@H](c2cccc([N+](=O)[O-])c2)O[C@@H](c2cccc([N+](=O)[O-])c2)C1. The van der Waals surface area contributed by atoms with Gasteiger partial charge in [0, 0.05) is 37.2 Å². The zero-order valence-corrected chi connectivity index (χ0v) is 15.1. The van der Waals surface area contributed by atoms with Gasteiger partial charge < -0.3 is 10.1 Å². The third kappa shape index (κ3) is 4.49. The van der Waals surface area contributed by atoms with Crippen molar-refractivity contribution in [2.45, 2.75) is 38.0 Å². The van der Waals surface area contributed by atoms with Crippen molar-refractivity contribution in [2.24, 2.45) is 0 Å². The Kier molecular flexibility index (Phi) is 5.65. The van der Waals surface area contributed by atoms with Crippen molar-refractivity contribution >= 4 is 17.3 Å². The van der Waals surface area contributed by atoms with E-state index in [1.54, 1.807) is 24.3 Å². The molecule has 1 fully saturated rings. The number of carbonyl (C=O) groups excluding carboxylic acids is 1. The molecule has 1 N–H and O–H groups in total. The molecule has 2 aromatic carbocycles. The van der Waals surface area contributed by atoms with Crippen LogP contribution in [0, 0.1) is 20.2 Å². The molecule has 28 heavy (non-hydrogen) atoms. The minimum Gasteiger partial charge on any atom is -0.365 e. The van der Waals surface area contributed by atoms with Crippen LogP contribution in [-0.2, 0) is 9.53 Å². The molecule has 0 saturated carbocycles. The molecule has 0 bridgehead atoms. The Morgan fingerprint density at radius 2 is 1.43 bits per heavy atom. The van der Waals surface area contributed by atoms with Crippen molar-refractivity contribution < 1.29 is 19.4 Å². The van der Waals surface area contributed by atoms with E-state index in [1.165, 1.54) is 31.2 Å². The van der Waals surface area contributed by atoms with Crippen molar-refractivity contribution in [1.82, 2.24) is 5.32 Å². The molecule has 3 rings (SSSR count). The predicted octanol–water partition coefficient (Wildman–Crippen LogP) is 3.60.